The van der Waals surface area contributed by atoms with Crippen LogP contribution in [0, 0.1) is 17.1 Å². The van der Waals surface area contributed by atoms with Crippen LogP contribution in [0.5, 0.6) is 0 Å². The summed E-state index contributed by atoms with van der Waals surface area (Å²) >= 11 is 11.9. The van der Waals surface area contributed by atoms with Gasteiger partial charge in [0.25, 0.3) is 0 Å². The van der Waals surface area contributed by atoms with Gasteiger partial charge < -0.3 is 0 Å². The standard InChI is InChI=1S/C14H8Cl2FN/c15-10-2-4-12(14(16)7-10)13-8-11(17)3-1-9(13)5-6-18/h1-4,7-8H,5H2. The Bertz CT molecular complexity index is 632. The van der Waals surface area contributed by atoms with Gasteiger partial charge in [-0.2, -0.15) is 5.26 Å². The van der Waals surface area contributed by atoms with Gasteiger partial charge in [-0.05, 0) is 35.4 Å². The third kappa shape index (κ3) is 2.64. The van der Waals surface area contributed by atoms with Crippen molar-refractivity contribution in [1.29, 1.82) is 5.26 Å². The van der Waals surface area contributed by atoms with Crippen LogP contribution in [0.1, 0.15) is 5.56 Å². The van der Waals surface area contributed by atoms with Gasteiger partial charge >= 0.3 is 0 Å². The molecule has 0 unspecified atom stereocenters. The zero-order valence-corrected chi connectivity index (χ0v) is 10.8. The molecule has 2 rings (SSSR count). The molecule has 0 saturated heterocycles. The van der Waals surface area contributed by atoms with Gasteiger partial charge in [-0.3, -0.25) is 0 Å². The molecule has 0 spiro atoms. The second-order valence-electron chi connectivity index (χ2n) is 3.76. The van der Waals surface area contributed by atoms with Crippen molar-refractivity contribution in [1.82, 2.24) is 0 Å². The average Bonchev–Trinajstić information content (AvgIpc) is 2.32. The van der Waals surface area contributed by atoms with E-state index in [1.54, 1.807) is 24.3 Å². The van der Waals surface area contributed by atoms with E-state index in [9.17, 15) is 4.39 Å². The molecular formula is C14H8Cl2FN. The van der Waals surface area contributed by atoms with Gasteiger partial charge in [0.05, 0.1) is 12.5 Å². The Morgan fingerprint density at radius 2 is 1.83 bits per heavy atom. The quantitative estimate of drug-likeness (QED) is 0.770. The molecule has 0 amide bonds. The number of hydrogen-bond donors (Lipinski definition) is 0. The van der Waals surface area contributed by atoms with Gasteiger partial charge in [-0.25, -0.2) is 4.39 Å². The Morgan fingerprint density at radius 3 is 2.50 bits per heavy atom. The summed E-state index contributed by atoms with van der Waals surface area (Å²) in [5.74, 6) is -0.363. The van der Waals surface area contributed by atoms with Crippen molar-refractivity contribution >= 4 is 23.2 Å². The highest BCUT2D eigenvalue weighted by atomic mass is 35.5. The molecule has 2 aromatic rings. The van der Waals surface area contributed by atoms with Crippen molar-refractivity contribution in [2.24, 2.45) is 0 Å². The Balaban J connectivity index is 2.62. The SMILES string of the molecule is N#CCc1ccc(F)cc1-c1ccc(Cl)cc1Cl. The van der Waals surface area contributed by atoms with Crippen molar-refractivity contribution < 1.29 is 4.39 Å². The molecule has 0 saturated carbocycles. The highest BCUT2D eigenvalue weighted by Crippen LogP contribution is 2.33. The highest BCUT2D eigenvalue weighted by molar-refractivity contribution is 6.36. The molecule has 0 bridgehead atoms. The van der Waals surface area contributed by atoms with E-state index in [0.717, 1.165) is 5.56 Å². The summed E-state index contributed by atoms with van der Waals surface area (Å²) in [4.78, 5) is 0. The minimum absolute atomic E-state index is 0.203. The van der Waals surface area contributed by atoms with E-state index in [0.29, 0.717) is 21.2 Å². The molecule has 0 aliphatic heterocycles. The van der Waals surface area contributed by atoms with Crippen LogP contribution in [-0.4, -0.2) is 0 Å². The third-order valence-electron chi connectivity index (χ3n) is 2.56. The van der Waals surface area contributed by atoms with Gasteiger partial charge in [0.2, 0.25) is 0 Å². The zero-order valence-electron chi connectivity index (χ0n) is 9.25. The number of nitriles is 1. The average molecular weight is 280 g/mol. The van der Waals surface area contributed by atoms with Crippen LogP contribution in [0.4, 0.5) is 4.39 Å². The van der Waals surface area contributed by atoms with Crippen molar-refractivity contribution in [3.8, 4) is 17.2 Å². The van der Waals surface area contributed by atoms with Crippen LogP contribution >= 0.6 is 23.2 Å². The van der Waals surface area contributed by atoms with Gasteiger partial charge in [0, 0.05) is 15.6 Å². The van der Waals surface area contributed by atoms with Crippen LogP contribution in [0.3, 0.4) is 0 Å². The lowest BCUT2D eigenvalue weighted by Crippen LogP contribution is -1.91. The van der Waals surface area contributed by atoms with E-state index < -0.39 is 0 Å². The maximum absolute atomic E-state index is 13.3. The van der Waals surface area contributed by atoms with Crippen molar-refractivity contribution in [3.63, 3.8) is 0 Å². The number of hydrogen-bond acceptors (Lipinski definition) is 1. The molecule has 2 aromatic carbocycles. The molecule has 90 valence electrons. The molecule has 0 radical (unpaired) electrons. The normalized spacial score (nSPS) is 10.1. The van der Waals surface area contributed by atoms with Crippen molar-refractivity contribution in [2.45, 2.75) is 6.42 Å². The summed E-state index contributed by atoms with van der Waals surface area (Å²) in [7, 11) is 0. The highest BCUT2D eigenvalue weighted by Gasteiger charge is 2.10. The third-order valence-corrected chi connectivity index (χ3v) is 3.11. The molecule has 0 fully saturated rings. The lowest BCUT2D eigenvalue weighted by atomic mass is 9.98. The fourth-order valence-corrected chi connectivity index (χ4v) is 2.26. The van der Waals surface area contributed by atoms with E-state index in [1.807, 2.05) is 0 Å². The second kappa shape index (κ2) is 5.39. The lowest BCUT2D eigenvalue weighted by molar-refractivity contribution is 0.628. The van der Waals surface area contributed by atoms with Gasteiger partial charge in [0.1, 0.15) is 5.82 Å². The molecule has 0 N–H and O–H groups in total. The minimum atomic E-state index is -0.363. The first-order valence-electron chi connectivity index (χ1n) is 5.22. The van der Waals surface area contributed by atoms with E-state index in [1.165, 1.54) is 12.1 Å². The fourth-order valence-electron chi connectivity index (χ4n) is 1.75. The molecule has 0 aromatic heterocycles. The predicted octanol–water partition coefficient (Wildman–Crippen LogP) is 4.87. The maximum Gasteiger partial charge on any atom is 0.123 e. The minimum Gasteiger partial charge on any atom is -0.207 e. The summed E-state index contributed by atoms with van der Waals surface area (Å²) in [5, 5.41) is 9.73. The molecule has 18 heavy (non-hydrogen) atoms. The summed E-state index contributed by atoms with van der Waals surface area (Å²) in [6.45, 7) is 0. The van der Waals surface area contributed by atoms with E-state index in [-0.39, 0.29) is 12.2 Å². The summed E-state index contributed by atoms with van der Waals surface area (Å²) in [5.41, 5.74) is 2.03. The molecule has 0 aliphatic rings. The van der Waals surface area contributed by atoms with Crippen molar-refractivity contribution in [3.05, 3.63) is 57.8 Å². The van der Waals surface area contributed by atoms with Crippen molar-refractivity contribution in [2.75, 3.05) is 0 Å². The van der Waals surface area contributed by atoms with Gasteiger partial charge in [-0.1, -0.05) is 35.3 Å². The lowest BCUT2D eigenvalue weighted by Gasteiger charge is -2.09. The predicted molar refractivity (Wildman–Crippen MR) is 71.2 cm³/mol. The number of rotatable bonds is 2. The second-order valence-corrected chi connectivity index (χ2v) is 4.60. The first-order valence-corrected chi connectivity index (χ1v) is 5.98. The van der Waals surface area contributed by atoms with E-state index in [4.69, 9.17) is 28.5 Å². The Labute approximate surface area is 114 Å². The van der Waals surface area contributed by atoms with Crippen LogP contribution in [0.25, 0.3) is 11.1 Å². The molecule has 0 aliphatic carbocycles. The van der Waals surface area contributed by atoms with Crippen LogP contribution in [-0.2, 0) is 6.42 Å². The summed E-state index contributed by atoms with van der Waals surface area (Å²) < 4.78 is 13.3. The largest absolute Gasteiger partial charge is 0.207 e. The number of benzene rings is 2. The van der Waals surface area contributed by atoms with Gasteiger partial charge in [-0.15, -0.1) is 0 Å². The Morgan fingerprint density at radius 1 is 1.06 bits per heavy atom. The maximum atomic E-state index is 13.3. The topological polar surface area (TPSA) is 23.8 Å². The molecule has 0 heterocycles. The number of halogens is 3. The smallest absolute Gasteiger partial charge is 0.123 e. The van der Waals surface area contributed by atoms with Crippen LogP contribution < -0.4 is 0 Å². The first kappa shape index (κ1) is 12.9. The Hall–Kier alpha value is -1.56. The molecule has 4 heteroatoms. The number of nitrogens with zero attached hydrogens (tertiary/aromatic N) is 1. The van der Waals surface area contributed by atoms with Gasteiger partial charge in [0.15, 0.2) is 0 Å². The van der Waals surface area contributed by atoms with E-state index >= 15 is 0 Å². The first-order chi connectivity index (χ1) is 8.61. The molecule has 0 atom stereocenters. The monoisotopic (exact) mass is 279 g/mol. The zero-order chi connectivity index (χ0) is 13.1. The Kier molecular flexibility index (Phi) is 3.86. The fraction of sp³-hybridized carbons (Fsp3) is 0.0714. The summed E-state index contributed by atoms with van der Waals surface area (Å²) in [6.07, 6.45) is 0.203. The van der Waals surface area contributed by atoms with Crippen LogP contribution in [0.15, 0.2) is 36.4 Å². The summed E-state index contributed by atoms with van der Waals surface area (Å²) in [6, 6.07) is 11.4. The molecular weight excluding hydrogens is 272 g/mol. The van der Waals surface area contributed by atoms with Crippen LogP contribution in [0.2, 0.25) is 10.0 Å². The molecule has 1 nitrogen and oxygen atoms in total. The van der Waals surface area contributed by atoms with E-state index in [2.05, 4.69) is 6.07 Å².